The molecule has 0 N–H and O–H groups in total. The lowest BCUT2D eigenvalue weighted by Crippen LogP contribution is -2.02. The van der Waals surface area contributed by atoms with E-state index in [1.165, 1.54) is 11.8 Å². The molecule has 21 heavy (non-hydrogen) atoms. The van der Waals surface area contributed by atoms with Crippen molar-refractivity contribution in [2.75, 3.05) is 7.11 Å². The van der Waals surface area contributed by atoms with E-state index in [2.05, 4.69) is 22.8 Å². The quantitative estimate of drug-likeness (QED) is 0.605. The van der Waals surface area contributed by atoms with E-state index in [0.29, 0.717) is 6.54 Å². The third kappa shape index (κ3) is 3.44. The number of nitriles is 1. The van der Waals surface area contributed by atoms with E-state index in [4.69, 9.17) is 10.00 Å². The van der Waals surface area contributed by atoms with Gasteiger partial charge in [0.05, 0.1) is 18.4 Å². The first kappa shape index (κ1) is 15.1. The Morgan fingerprint density at radius 2 is 2.14 bits per heavy atom. The predicted octanol–water partition coefficient (Wildman–Crippen LogP) is 3.14. The third-order valence-electron chi connectivity index (χ3n) is 2.84. The lowest BCUT2D eigenvalue weighted by Gasteiger charge is -2.08. The van der Waals surface area contributed by atoms with E-state index in [9.17, 15) is 0 Å². The van der Waals surface area contributed by atoms with Crippen molar-refractivity contribution in [3.63, 3.8) is 0 Å². The number of ether oxygens (including phenoxy) is 1. The number of nitrogens with zero attached hydrogens (tertiary/aromatic N) is 4. The Labute approximate surface area is 128 Å². The number of hydrogen-bond donors (Lipinski definition) is 0. The lowest BCUT2D eigenvalue weighted by atomic mass is 10.2. The second-order valence-electron chi connectivity index (χ2n) is 4.32. The standard InChI is InChI=1S/C15H16N4OS/c1-4-9-19-14(12-5-7-13(20-3)8-6-12)17-18-15(19)21-11(2)10-16/h4-8,11H,1,9H2,2-3H3. The average molecular weight is 300 g/mol. The number of aromatic nitrogens is 3. The molecule has 0 saturated carbocycles. The van der Waals surface area contributed by atoms with Crippen molar-refractivity contribution in [3.8, 4) is 23.2 Å². The number of thioether (sulfide) groups is 1. The van der Waals surface area contributed by atoms with Crippen LogP contribution in [0.3, 0.4) is 0 Å². The van der Waals surface area contributed by atoms with Crippen molar-refractivity contribution in [1.29, 1.82) is 5.26 Å². The second-order valence-corrected chi connectivity index (χ2v) is 5.63. The first-order chi connectivity index (χ1) is 10.2. The van der Waals surface area contributed by atoms with Crippen LogP contribution in [0.5, 0.6) is 5.75 Å². The molecule has 6 heteroatoms. The number of benzene rings is 1. The van der Waals surface area contributed by atoms with Crippen LogP contribution in [-0.2, 0) is 6.54 Å². The molecule has 0 spiro atoms. The lowest BCUT2D eigenvalue weighted by molar-refractivity contribution is 0.415. The molecule has 1 aromatic heterocycles. The summed E-state index contributed by atoms with van der Waals surface area (Å²) in [6, 6.07) is 9.82. The van der Waals surface area contributed by atoms with Crippen LogP contribution in [0.4, 0.5) is 0 Å². The summed E-state index contributed by atoms with van der Waals surface area (Å²) in [5.41, 5.74) is 0.946. The van der Waals surface area contributed by atoms with Gasteiger partial charge in [-0.05, 0) is 31.2 Å². The Balaban J connectivity index is 2.38. The molecular formula is C15H16N4OS. The van der Waals surface area contributed by atoms with Gasteiger partial charge in [-0.2, -0.15) is 5.26 Å². The number of methoxy groups -OCH3 is 1. The molecule has 1 heterocycles. The Bertz CT molecular complexity index is 657. The minimum Gasteiger partial charge on any atom is -0.497 e. The van der Waals surface area contributed by atoms with Gasteiger partial charge in [0.2, 0.25) is 0 Å². The van der Waals surface area contributed by atoms with Crippen molar-refractivity contribution >= 4 is 11.8 Å². The highest BCUT2D eigenvalue weighted by Crippen LogP contribution is 2.27. The fourth-order valence-electron chi connectivity index (χ4n) is 1.81. The van der Waals surface area contributed by atoms with E-state index < -0.39 is 0 Å². The molecule has 0 amide bonds. The summed E-state index contributed by atoms with van der Waals surface area (Å²) >= 11 is 1.39. The van der Waals surface area contributed by atoms with E-state index >= 15 is 0 Å². The van der Waals surface area contributed by atoms with Gasteiger partial charge in [0.15, 0.2) is 11.0 Å². The summed E-state index contributed by atoms with van der Waals surface area (Å²) in [5, 5.41) is 17.9. The molecule has 0 radical (unpaired) electrons. The SMILES string of the molecule is C=CCn1c(SC(C)C#N)nnc1-c1ccc(OC)cc1. The van der Waals surface area contributed by atoms with Crippen LogP contribution in [0.25, 0.3) is 11.4 Å². The summed E-state index contributed by atoms with van der Waals surface area (Å²) < 4.78 is 7.11. The van der Waals surface area contributed by atoms with E-state index in [1.54, 1.807) is 13.2 Å². The van der Waals surface area contributed by atoms with Crippen LogP contribution in [0.2, 0.25) is 0 Å². The highest BCUT2D eigenvalue weighted by atomic mass is 32.2. The maximum Gasteiger partial charge on any atom is 0.193 e. The molecule has 2 aromatic rings. The Hall–Kier alpha value is -2.26. The van der Waals surface area contributed by atoms with Gasteiger partial charge in [-0.25, -0.2) is 0 Å². The smallest absolute Gasteiger partial charge is 0.193 e. The van der Waals surface area contributed by atoms with Crippen LogP contribution in [0.1, 0.15) is 6.92 Å². The van der Waals surface area contributed by atoms with Crippen LogP contribution in [-0.4, -0.2) is 27.1 Å². The number of rotatable bonds is 6. The molecular weight excluding hydrogens is 284 g/mol. The highest BCUT2D eigenvalue weighted by Gasteiger charge is 2.15. The minimum atomic E-state index is -0.179. The fourth-order valence-corrected chi connectivity index (χ4v) is 2.55. The zero-order valence-electron chi connectivity index (χ0n) is 12.0. The van der Waals surface area contributed by atoms with E-state index in [0.717, 1.165) is 22.3 Å². The zero-order valence-corrected chi connectivity index (χ0v) is 12.8. The molecule has 0 saturated heterocycles. The summed E-state index contributed by atoms with van der Waals surface area (Å²) in [4.78, 5) is 0. The Morgan fingerprint density at radius 1 is 1.43 bits per heavy atom. The van der Waals surface area contributed by atoms with Crippen molar-refractivity contribution < 1.29 is 4.74 Å². The maximum absolute atomic E-state index is 8.94. The summed E-state index contributed by atoms with van der Waals surface area (Å²) in [6.07, 6.45) is 1.79. The molecule has 0 aliphatic carbocycles. The van der Waals surface area contributed by atoms with Gasteiger partial charge in [0, 0.05) is 12.1 Å². The first-order valence-electron chi connectivity index (χ1n) is 6.44. The number of hydrogen-bond acceptors (Lipinski definition) is 5. The molecule has 1 atom stereocenters. The van der Waals surface area contributed by atoms with Gasteiger partial charge in [-0.1, -0.05) is 17.8 Å². The molecule has 0 bridgehead atoms. The molecule has 0 aliphatic rings. The Kier molecular flexibility index (Phi) is 5.01. The molecule has 0 fully saturated rings. The van der Waals surface area contributed by atoms with Crippen LogP contribution in [0.15, 0.2) is 42.1 Å². The van der Waals surface area contributed by atoms with Crippen LogP contribution in [0, 0.1) is 11.3 Å². The van der Waals surface area contributed by atoms with Gasteiger partial charge in [-0.3, -0.25) is 4.57 Å². The van der Waals surface area contributed by atoms with Gasteiger partial charge in [-0.15, -0.1) is 16.8 Å². The van der Waals surface area contributed by atoms with Gasteiger partial charge in [0.1, 0.15) is 5.75 Å². The zero-order chi connectivity index (χ0) is 15.2. The molecule has 5 nitrogen and oxygen atoms in total. The summed E-state index contributed by atoms with van der Waals surface area (Å²) in [7, 11) is 1.63. The maximum atomic E-state index is 8.94. The van der Waals surface area contributed by atoms with Gasteiger partial charge < -0.3 is 4.74 Å². The van der Waals surface area contributed by atoms with Gasteiger partial charge >= 0.3 is 0 Å². The molecule has 1 unspecified atom stereocenters. The predicted molar refractivity (Wildman–Crippen MR) is 83.1 cm³/mol. The van der Waals surface area contributed by atoms with Crippen LogP contribution < -0.4 is 4.74 Å². The van der Waals surface area contributed by atoms with Crippen molar-refractivity contribution in [1.82, 2.24) is 14.8 Å². The molecule has 2 rings (SSSR count). The first-order valence-corrected chi connectivity index (χ1v) is 7.32. The summed E-state index contributed by atoms with van der Waals surface area (Å²) in [6.45, 7) is 6.20. The average Bonchev–Trinajstić information content (AvgIpc) is 2.90. The normalized spacial score (nSPS) is 11.7. The van der Waals surface area contributed by atoms with Gasteiger partial charge in [0.25, 0.3) is 0 Å². The second kappa shape index (κ2) is 6.95. The van der Waals surface area contributed by atoms with Crippen molar-refractivity contribution in [2.45, 2.75) is 23.9 Å². The topological polar surface area (TPSA) is 63.7 Å². The molecule has 1 aromatic carbocycles. The monoisotopic (exact) mass is 300 g/mol. The van der Waals surface area contributed by atoms with Crippen molar-refractivity contribution in [3.05, 3.63) is 36.9 Å². The minimum absolute atomic E-state index is 0.179. The van der Waals surface area contributed by atoms with E-state index in [1.807, 2.05) is 35.8 Å². The highest BCUT2D eigenvalue weighted by molar-refractivity contribution is 8.00. The van der Waals surface area contributed by atoms with E-state index in [-0.39, 0.29) is 5.25 Å². The third-order valence-corrected chi connectivity index (χ3v) is 3.81. The van der Waals surface area contributed by atoms with Crippen LogP contribution >= 0.6 is 11.8 Å². The Morgan fingerprint density at radius 3 is 2.71 bits per heavy atom. The van der Waals surface area contributed by atoms with Crippen molar-refractivity contribution in [2.24, 2.45) is 0 Å². The molecule has 0 aliphatic heterocycles. The fraction of sp³-hybridized carbons (Fsp3) is 0.267. The molecule has 108 valence electrons. The summed E-state index contributed by atoms with van der Waals surface area (Å²) in [5.74, 6) is 1.55. The largest absolute Gasteiger partial charge is 0.497 e. The number of allylic oxidation sites excluding steroid dienone is 1.